The summed E-state index contributed by atoms with van der Waals surface area (Å²) in [5.74, 6) is 0.154. The van der Waals surface area contributed by atoms with Crippen molar-refractivity contribution in [3.8, 4) is 0 Å². The summed E-state index contributed by atoms with van der Waals surface area (Å²) in [6, 6.07) is 11.3. The van der Waals surface area contributed by atoms with Gasteiger partial charge >= 0.3 is 0 Å². The lowest BCUT2D eigenvalue weighted by Crippen LogP contribution is -2.40. The Morgan fingerprint density at radius 3 is 2.57 bits per heavy atom. The summed E-state index contributed by atoms with van der Waals surface area (Å²) in [5, 5.41) is 3.48. The van der Waals surface area contributed by atoms with E-state index in [4.69, 9.17) is 20.8 Å². The highest BCUT2D eigenvalue weighted by atomic mass is 35.5. The van der Waals surface area contributed by atoms with Gasteiger partial charge < -0.3 is 14.5 Å². The van der Waals surface area contributed by atoms with E-state index in [0.717, 1.165) is 0 Å². The number of sulfonamides is 1. The Kier molecular flexibility index (Phi) is 5.87. The maximum Gasteiger partial charge on any atom is 0.243 e. The maximum atomic E-state index is 12.7. The van der Waals surface area contributed by atoms with Crippen LogP contribution < -0.4 is 5.32 Å². The average molecular weight is 448 g/mol. The molecule has 1 aliphatic heterocycles. The molecule has 156 valence electrons. The first kappa shape index (κ1) is 20.5. The summed E-state index contributed by atoms with van der Waals surface area (Å²) in [7, 11) is -3.56. The third-order valence-electron chi connectivity index (χ3n) is 4.58. The number of nitrogens with zero attached hydrogens (tertiary/aromatic N) is 2. The topological polar surface area (TPSA) is 102 Å². The van der Waals surface area contributed by atoms with Crippen LogP contribution >= 0.6 is 11.6 Å². The molecule has 0 atom stereocenters. The molecule has 0 saturated carbocycles. The van der Waals surface area contributed by atoms with Crippen LogP contribution in [0.25, 0.3) is 16.7 Å². The Morgan fingerprint density at radius 2 is 1.87 bits per heavy atom. The molecule has 1 aliphatic rings. The average Bonchev–Trinajstić information content (AvgIpc) is 3.18. The summed E-state index contributed by atoms with van der Waals surface area (Å²) in [5.41, 5.74) is 1.87. The van der Waals surface area contributed by atoms with Crippen LogP contribution in [0.4, 0.5) is 5.69 Å². The van der Waals surface area contributed by atoms with Gasteiger partial charge in [0.05, 0.1) is 23.7 Å². The second-order valence-corrected chi connectivity index (χ2v) is 8.91. The number of fused-ring (bicyclic) bond motifs is 1. The maximum absolute atomic E-state index is 12.7. The molecule has 1 N–H and O–H groups in total. The Bertz CT molecular complexity index is 1200. The first-order chi connectivity index (χ1) is 14.5. The number of aromatic nitrogens is 1. The number of carbonyl (C=O) groups is 1. The van der Waals surface area contributed by atoms with Gasteiger partial charge in [0.1, 0.15) is 5.52 Å². The van der Waals surface area contributed by atoms with Crippen LogP contribution in [0.1, 0.15) is 5.89 Å². The normalized spacial score (nSPS) is 16.0. The number of anilines is 1. The van der Waals surface area contributed by atoms with Crippen molar-refractivity contribution in [1.82, 2.24) is 9.29 Å². The molecule has 0 amide bonds. The van der Waals surface area contributed by atoms with Gasteiger partial charge in [-0.1, -0.05) is 11.6 Å². The van der Waals surface area contributed by atoms with Gasteiger partial charge in [0.15, 0.2) is 11.9 Å². The Morgan fingerprint density at radius 1 is 1.13 bits per heavy atom. The van der Waals surface area contributed by atoms with Gasteiger partial charge in [0, 0.05) is 30.0 Å². The zero-order valence-electron chi connectivity index (χ0n) is 15.7. The smallest absolute Gasteiger partial charge is 0.243 e. The molecule has 0 spiro atoms. The van der Waals surface area contributed by atoms with E-state index < -0.39 is 10.0 Å². The molecule has 1 aromatic heterocycles. The van der Waals surface area contributed by atoms with Crippen molar-refractivity contribution < 1.29 is 22.4 Å². The van der Waals surface area contributed by atoms with Gasteiger partial charge in [-0.15, -0.1) is 0 Å². The van der Waals surface area contributed by atoms with E-state index in [1.807, 2.05) is 0 Å². The molecule has 2 aromatic carbocycles. The largest absolute Gasteiger partial charge is 0.436 e. The number of carbonyl (C=O) groups excluding carboxylic acids is 1. The van der Waals surface area contributed by atoms with E-state index in [1.54, 1.807) is 30.3 Å². The first-order valence-electron chi connectivity index (χ1n) is 9.14. The quantitative estimate of drug-likeness (QED) is 0.457. The number of benzene rings is 2. The highest BCUT2D eigenvalue weighted by Gasteiger charge is 2.26. The van der Waals surface area contributed by atoms with E-state index >= 15 is 0 Å². The van der Waals surface area contributed by atoms with Crippen molar-refractivity contribution in [2.24, 2.45) is 0 Å². The summed E-state index contributed by atoms with van der Waals surface area (Å²) in [6.07, 6.45) is 2.07. The fourth-order valence-electron chi connectivity index (χ4n) is 2.99. The molecular formula is C20H18ClN3O5S. The highest BCUT2D eigenvalue weighted by Crippen LogP contribution is 2.24. The fourth-order valence-corrected chi connectivity index (χ4v) is 4.56. The third kappa shape index (κ3) is 4.24. The number of morpholine rings is 1. The zero-order valence-corrected chi connectivity index (χ0v) is 17.3. The fraction of sp³-hybridized carbons (Fsp3) is 0.200. The summed E-state index contributed by atoms with van der Waals surface area (Å²) < 4.78 is 37.5. The van der Waals surface area contributed by atoms with Gasteiger partial charge in [-0.2, -0.15) is 4.31 Å². The van der Waals surface area contributed by atoms with Crippen molar-refractivity contribution in [2.75, 3.05) is 31.6 Å². The molecule has 0 aliphatic carbocycles. The summed E-state index contributed by atoms with van der Waals surface area (Å²) in [6.45, 7) is 1.45. The second-order valence-electron chi connectivity index (χ2n) is 6.53. The molecule has 2 heterocycles. The van der Waals surface area contributed by atoms with Crippen molar-refractivity contribution >= 4 is 50.3 Å². The van der Waals surface area contributed by atoms with Crippen LogP contribution in [-0.2, 0) is 19.6 Å². The lowest BCUT2D eigenvalue weighted by atomic mass is 10.3. The number of rotatable bonds is 6. The molecule has 4 rings (SSSR count). The van der Waals surface area contributed by atoms with Gasteiger partial charge in [-0.25, -0.2) is 13.4 Å². The lowest BCUT2D eigenvalue weighted by Gasteiger charge is -2.26. The Labute approximate surface area is 178 Å². The van der Waals surface area contributed by atoms with Crippen molar-refractivity contribution in [1.29, 1.82) is 0 Å². The van der Waals surface area contributed by atoms with Crippen LogP contribution in [0, 0.1) is 0 Å². The van der Waals surface area contributed by atoms with E-state index in [9.17, 15) is 13.2 Å². The van der Waals surface area contributed by atoms with Crippen LogP contribution in [0.3, 0.4) is 0 Å². The molecule has 3 aromatic rings. The van der Waals surface area contributed by atoms with Crippen LogP contribution in [0.2, 0.25) is 5.02 Å². The number of aldehydes is 1. The molecule has 8 nitrogen and oxygen atoms in total. The highest BCUT2D eigenvalue weighted by molar-refractivity contribution is 7.89. The van der Waals surface area contributed by atoms with Crippen molar-refractivity contribution in [2.45, 2.75) is 4.90 Å². The standard InChI is InChI=1S/C20H18ClN3O5S/c21-15-1-6-19-18(11-15)23-20(29-19)14(13-25)12-22-16-2-4-17(5-3-16)30(26,27)24-7-9-28-10-8-24/h1-6,11-13,22H,7-10H2. The minimum atomic E-state index is -3.56. The second kappa shape index (κ2) is 8.57. The predicted octanol–water partition coefficient (Wildman–Crippen LogP) is 3.15. The van der Waals surface area contributed by atoms with Crippen LogP contribution in [0.15, 0.2) is 58.0 Å². The molecule has 30 heavy (non-hydrogen) atoms. The third-order valence-corrected chi connectivity index (χ3v) is 6.73. The zero-order chi connectivity index (χ0) is 21.1. The van der Waals surface area contributed by atoms with Crippen LogP contribution in [0.5, 0.6) is 0 Å². The lowest BCUT2D eigenvalue weighted by molar-refractivity contribution is -0.103. The molecular weight excluding hydrogens is 430 g/mol. The number of allylic oxidation sites excluding steroid dienone is 1. The molecule has 0 bridgehead atoms. The summed E-state index contributed by atoms with van der Waals surface area (Å²) >= 11 is 5.95. The molecule has 10 heteroatoms. The van der Waals surface area contributed by atoms with Gasteiger partial charge in [0.2, 0.25) is 15.9 Å². The van der Waals surface area contributed by atoms with E-state index in [-0.39, 0.29) is 16.4 Å². The number of hydrogen-bond donors (Lipinski definition) is 1. The molecule has 0 radical (unpaired) electrons. The molecule has 0 unspecified atom stereocenters. The van der Waals surface area contributed by atoms with E-state index in [1.165, 1.54) is 22.6 Å². The number of hydrogen-bond acceptors (Lipinski definition) is 7. The number of nitrogens with one attached hydrogen (secondary N) is 1. The van der Waals surface area contributed by atoms with Crippen molar-refractivity contribution in [3.05, 3.63) is 59.6 Å². The first-order valence-corrected chi connectivity index (χ1v) is 11.0. The van der Waals surface area contributed by atoms with Gasteiger partial charge in [0.25, 0.3) is 0 Å². The Hall–Kier alpha value is -2.72. The summed E-state index contributed by atoms with van der Waals surface area (Å²) in [4.78, 5) is 16.0. The predicted molar refractivity (Wildman–Crippen MR) is 113 cm³/mol. The minimum Gasteiger partial charge on any atom is -0.436 e. The van der Waals surface area contributed by atoms with Crippen LogP contribution in [-0.4, -0.2) is 50.3 Å². The van der Waals surface area contributed by atoms with Gasteiger partial charge in [-0.3, -0.25) is 4.79 Å². The Balaban J connectivity index is 1.51. The molecule has 1 saturated heterocycles. The minimum absolute atomic E-state index is 0.154. The number of ether oxygens (including phenoxy) is 1. The monoisotopic (exact) mass is 447 g/mol. The van der Waals surface area contributed by atoms with E-state index in [2.05, 4.69) is 10.3 Å². The van der Waals surface area contributed by atoms with Crippen molar-refractivity contribution in [3.63, 3.8) is 0 Å². The molecule has 1 fully saturated rings. The number of halogens is 1. The number of oxazole rings is 1. The van der Waals surface area contributed by atoms with Gasteiger partial charge in [-0.05, 0) is 42.5 Å². The van der Waals surface area contributed by atoms with E-state index in [0.29, 0.717) is 54.4 Å². The SMILES string of the molecule is O=CC(=CNc1ccc(S(=O)(=O)N2CCOCC2)cc1)c1nc2cc(Cl)ccc2o1.